The number of hydrogen-bond donors (Lipinski definition) is 0. The van der Waals surface area contributed by atoms with Crippen LogP contribution >= 0.6 is 0 Å². The van der Waals surface area contributed by atoms with Gasteiger partial charge in [0.25, 0.3) is 0 Å². The minimum atomic E-state index is -0.189. The molecule has 5 aromatic carbocycles. The molecule has 5 aromatic heterocycles. The molecule has 1 aliphatic heterocycles. The maximum absolute atomic E-state index is 6.64. The van der Waals surface area contributed by atoms with Crippen LogP contribution < -0.4 is 4.74 Å². The molecule has 0 aliphatic carbocycles. The Morgan fingerprint density at radius 3 is 2.08 bits per heavy atom. The van der Waals surface area contributed by atoms with Gasteiger partial charge in [0.05, 0.1) is 17.0 Å². The molecule has 0 amide bonds. The number of fused-ring (bicyclic) bond motifs is 11. The molecule has 10 aromatic rings. The zero-order valence-corrected chi connectivity index (χ0v) is 31.0. The number of hydrogen-bond acceptors (Lipinski definition) is 4. The second-order valence-corrected chi connectivity index (χ2v) is 13.9. The molecule has 0 N–H and O–H groups in total. The first-order valence-corrected chi connectivity index (χ1v) is 17.5. The van der Waals surface area contributed by atoms with E-state index in [-0.39, 0.29) is 26.5 Å². The summed E-state index contributed by atoms with van der Waals surface area (Å²) in [7, 11) is 0. The number of pyridine rings is 3. The standard InChI is InChI=1S/C46H29N5O.Pt/c1-46(2)37-18-9-16-34-33-23-21-31(27-39(33)50(42(34)37)45-38(46)19-11-25-48-45)52-30-20-22-32-35-17-10-24-47-43(35)51-41(29-14-7-4-8-15-29)40(28-12-5-3-6-13-28)49-44(51)36(32)26-30;/h3-25H,1-2H3;/q-2;+2. The van der Waals surface area contributed by atoms with Crippen LogP contribution in [0.5, 0.6) is 11.5 Å². The van der Waals surface area contributed by atoms with Crippen molar-refractivity contribution in [3.63, 3.8) is 0 Å². The monoisotopic (exact) mass is 862 g/mol. The van der Waals surface area contributed by atoms with Gasteiger partial charge in [-0.3, -0.25) is 4.98 Å². The Morgan fingerprint density at radius 1 is 0.585 bits per heavy atom. The Labute approximate surface area is 319 Å². The number of benzene rings is 5. The van der Waals surface area contributed by atoms with Gasteiger partial charge >= 0.3 is 21.1 Å². The average Bonchev–Trinajstić information content (AvgIpc) is 3.75. The van der Waals surface area contributed by atoms with E-state index in [0.717, 1.165) is 66.7 Å². The predicted octanol–water partition coefficient (Wildman–Crippen LogP) is 10.9. The van der Waals surface area contributed by atoms with Crippen LogP contribution in [0.25, 0.3) is 77.6 Å². The van der Waals surface area contributed by atoms with Crippen molar-refractivity contribution in [1.29, 1.82) is 0 Å². The minimum absolute atomic E-state index is 0. The van der Waals surface area contributed by atoms with Crippen molar-refractivity contribution in [3.8, 4) is 39.8 Å². The Balaban J connectivity index is 0.00000349. The van der Waals surface area contributed by atoms with E-state index in [4.69, 9.17) is 19.7 Å². The SMILES string of the molecule is CC1(C)c2cccnc2-n2c3[c-]c(Oc4[c-]c5c(cc4)c4cccnc4n4c(-c6ccccc6)c(-c6ccccc6)nc54)ccc3c3cccc1c32.[Pt+2]. The van der Waals surface area contributed by atoms with Gasteiger partial charge in [0.15, 0.2) is 0 Å². The fourth-order valence-electron chi connectivity index (χ4n) is 8.25. The molecule has 0 radical (unpaired) electrons. The van der Waals surface area contributed by atoms with Crippen molar-refractivity contribution in [3.05, 3.63) is 163 Å². The number of ether oxygens (including phenoxy) is 1. The van der Waals surface area contributed by atoms with E-state index >= 15 is 0 Å². The van der Waals surface area contributed by atoms with Crippen LogP contribution in [0.4, 0.5) is 0 Å². The summed E-state index contributed by atoms with van der Waals surface area (Å²) in [6, 6.07) is 51.1. The van der Waals surface area contributed by atoms with Crippen LogP contribution in [0.3, 0.4) is 0 Å². The topological polar surface area (TPSA) is 57.2 Å². The van der Waals surface area contributed by atoms with Crippen LogP contribution in [0.15, 0.2) is 140 Å². The van der Waals surface area contributed by atoms with E-state index in [0.29, 0.717) is 11.5 Å². The van der Waals surface area contributed by atoms with Crippen LogP contribution in [0, 0.1) is 12.1 Å². The molecular weight excluding hydrogens is 834 g/mol. The van der Waals surface area contributed by atoms with E-state index < -0.39 is 0 Å². The molecule has 11 rings (SSSR count). The molecular formula is C46H29N5OPt. The van der Waals surface area contributed by atoms with E-state index in [1.54, 1.807) is 0 Å². The summed E-state index contributed by atoms with van der Waals surface area (Å²) < 4.78 is 11.1. The smallest absolute Gasteiger partial charge is 0.503 e. The Bertz CT molecular complexity index is 3070. The van der Waals surface area contributed by atoms with Crippen molar-refractivity contribution in [1.82, 2.24) is 23.9 Å². The second-order valence-electron chi connectivity index (χ2n) is 13.9. The van der Waals surface area contributed by atoms with Crippen molar-refractivity contribution < 1.29 is 25.8 Å². The normalized spacial score (nSPS) is 13.1. The van der Waals surface area contributed by atoms with E-state index in [1.165, 1.54) is 22.0 Å². The van der Waals surface area contributed by atoms with E-state index in [2.05, 4.69) is 114 Å². The Kier molecular flexibility index (Phi) is 6.98. The number of imidazole rings is 1. The summed E-state index contributed by atoms with van der Waals surface area (Å²) in [4.78, 5) is 15.1. The van der Waals surface area contributed by atoms with Gasteiger partial charge in [0.2, 0.25) is 0 Å². The van der Waals surface area contributed by atoms with Gasteiger partial charge in [-0.2, -0.15) is 6.07 Å². The van der Waals surface area contributed by atoms with Gasteiger partial charge in [-0.15, -0.1) is 29.7 Å². The molecule has 254 valence electrons. The van der Waals surface area contributed by atoms with Gasteiger partial charge in [0, 0.05) is 51.5 Å². The second kappa shape index (κ2) is 11.7. The molecule has 0 fully saturated rings. The summed E-state index contributed by atoms with van der Waals surface area (Å²) in [6.07, 6.45) is 3.71. The first kappa shape index (κ1) is 31.6. The van der Waals surface area contributed by atoms with Gasteiger partial charge in [-0.05, 0) is 28.5 Å². The first-order valence-electron chi connectivity index (χ1n) is 17.5. The maximum atomic E-state index is 6.64. The van der Waals surface area contributed by atoms with Crippen molar-refractivity contribution in [2.45, 2.75) is 19.3 Å². The summed E-state index contributed by atoms with van der Waals surface area (Å²) in [5.41, 5.74) is 9.94. The number of aromatic nitrogens is 5. The van der Waals surface area contributed by atoms with Gasteiger partial charge in [0.1, 0.15) is 11.5 Å². The maximum Gasteiger partial charge on any atom is 2.00 e. The largest absolute Gasteiger partial charge is 2.00 e. The fourth-order valence-corrected chi connectivity index (χ4v) is 8.25. The molecule has 1 aliphatic rings. The molecule has 7 heteroatoms. The molecule has 0 bridgehead atoms. The average molecular weight is 863 g/mol. The molecule has 0 atom stereocenters. The Morgan fingerprint density at radius 2 is 1.26 bits per heavy atom. The third kappa shape index (κ3) is 4.52. The summed E-state index contributed by atoms with van der Waals surface area (Å²) in [6.45, 7) is 4.55. The summed E-state index contributed by atoms with van der Waals surface area (Å²) >= 11 is 0. The summed E-state index contributed by atoms with van der Waals surface area (Å²) in [5.74, 6) is 2.11. The van der Waals surface area contributed by atoms with Crippen molar-refractivity contribution in [2.24, 2.45) is 0 Å². The molecule has 0 saturated carbocycles. The van der Waals surface area contributed by atoms with Crippen molar-refractivity contribution >= 4 is 49.3 Å². The minimum Gasteiger partial charge on any atom is -0.503 e. The predicted molar refractivity (Wildman–Crippen MR) is 207 cm³/mol. The van der Waals surface area contributed by atoms with Crippen LogP contribution in [0.1, 0.15) is 25.0 Å². The van der Waals surface area contributed by atoms with Gasteiger partial charge in [-0.25, -0.2) is 9.97 Å². The molecule has 0 spiro atoms. The quantitative estimate of drug-likeness (QED) is 0.131. The van der Waals surface area contributed by atoms with E-state index in [9.17, 15) is 0 Å². The molecule has 0 saturated heterocycles. The fraction of sp³-hybridized carbons (Fsp3) is 0.0652. The number of para-hydroxylation sites is 1. The van der Waals surface area contributed by atoms with Crippen LogP contribution in [0.2, 0.25) is 0 Å². The number of nitrogens with zero attached hydrogens (tertiary/aromatic N) is 5. The first-order chi connectivity index (χ1) is 25.6. The molecule has 0 unspecified atom stereocenters. The zero-order valence-electron chi connectivity index (χ0n) is 28.7. The third-order valence-electron chi connectivity index (χ3n) is 10.6. The van der Waals surface area contributed by atoms with Crippen molar-refractivity contribution in [2.75, 3.05) is 0 Å². The molecule has 6 heterocycles. The van der Waals surface area contributed by atoms with Crippen LogP contribution in [-0.4, -0.2) is 23.9 Å². The Hall–Kier alpha value is -6.10. The number of rotatable bonds is 4. The molecule has 6 nitrogen and oxygen atoms in total. The van der Waals surface area contributed by atoms with Gasteiger partial charge in [-0.1, -0.05) is 127 Å². The van der Waals surface area contributed by atoms with Crippen LogP contribution in [-0.2, 0) is 26.5 Å². The molecule has 53 heavy (non-hydrogen) atoms. The summed E-state index contributed by atoms with van der Waals surface area (Å²) in [5, 5.41) is 5.17. The van der Waals surface area contributed by atoms with Gasteiger partial charge < -0.3 is 13.7 Å². The van der Waals surface area contributed by atoms with E-state index in [1.807, 2.05) is 60.9 Å². The third-order valence-corrected chi connectivity index (χ3v) is 10.6. The zero-order chi connectivity index (χ0) is 34.6.